The van der Waals surface area contributed by atoms with Crippen molar-refractivity contribution in [3.8, 4) is 0 Å². The van der Waals surface area contributed by atoms with Gasteiger partial charge in [-0.25, -0.2) is 8.78 Å². The molecule has 1 aromatic carbocycles. The molecule has 1 atom stereocenters. The predicted molar refractivity (Wildman–Crippen MR) is 67.3 cm³/mol. The first-order valence-corrected chi connectivity index (χ1v) is 6.57. The zero-order valence-electron chi connectivity index (χ0n) is 9.87. The first-order valence-electron chi connectivity index (χ1n) is 5.69. The van der Waals surface area contributed by atoms with E-state index in [1.54, 1.807) is 6.92 Å². The molecule has 18 heavy (non-hydrogen) atoms. The number of benzene rings is 1. The Bertz CT molecular complexity index is 454. The molecule has 0 radical (unpaired) electrons. The van der Waals surface area contributed by atoms with Gasteiger partial charge in [0.15, 0.2) is 0 Å². The summed E-state index contributed by atoms with van der Waals surface area (Å²) in [6.07, 6.45) is 1.96. The summed E-state index contributed by atoms with van der Waals surface area (Å²) in [7, 11) is 0. The Hall–Kier alpha value is -1.30. The van der Waals surface area contributed by atoms with E-state index in [0.717, 1.165) is 36.7 Å². The van der Waals surface area contributed by atoms with E-state index in [2.05, 4.69) is 5.32 Å². The van der Waals surface area contributed by atoms with E-state index in [9.17, 15) is 13.6 Å². The van der Waals surface area contributed by atoms with Gasteiger partial charge in [0.2, 0.25) is 5.91 Å². The number of carbonyl (C=O) groups excluding carboxylic acids is 1. The highest BCUT2D eigenvalue weighted by atomic mass is 32.2. The van der Waals surface area contributed by atoms with Crippen LogP contribution in [0.15, 0.2) is 17.0 Å². The summed E-state index contributed by atoms with van der Waals surface area (Å²) >= 11 is 0.866. The van der Waals surface area contributed by atoms with Crippen LogP contribution in [0.3, 0.4) is 0 Å². The normalized spacial score (nSPS) is 16.4. The van der Waals surface area contributed by atoms with Crippen molar-refractivity contribution in [1.82, 2.24) is 5.32 Å². The molecule has 1 aliphatic rings. The summed E-state index contributed by atoms with van der Waals surface area (Å²) < 4.78 is 27.1. The number of amides is 1. The van der Waals surface area contributed by atoms with E-state index in [-0.39, 0.29) is 22.5 Å². The van der Waals surface area contributed by atoms with E-state index in [1.165, 1.54) is 0 Å². The SMILES string of the molecule is CC(Sc1c(F)cc(N)cc1F)C(=O)NC1CC1. The molecule has 1 aliphatic carbocycles. The van der Waals surface area contributed by atoms with Gasteiger partial charge in [0.1, 0.15) is 11.6 Å². The van der Waals surface area contributed by atoms with Crippen LogP contribution in [0, 0.1) is 11.6 Å². The van der Waals surface area contributed by atoms with E-state index < -0.39 is 16.9 Å². The molecule has 0 aromatic heterocycles. The second-order valence-corrected chi connectivity index (χ2v) is 5.71. The minimum absolute atomic E-state index is 0.0319. The average Bonchev–Trinajstić information content (AvgIpc) is 3.06. The van der Waals surface area contributed by atoms with Gasteiger partial charge < -0.3 is 11.1 Å². The van der Waals surface area contributed by atoms with Gasteiger partial charge in [-0.15, -0.1) is 11.8 Å². The topological polar surface area (TPSA) is 55.1 Å². The molecule has 1 unspecified atom stereocenters. The van der Waals surface area contributed by atoms with E-state index in [4.69, 9.17) is 5.73 Å². The third kappa shape index (κ3) is 3.13. The van der Waals surface area contributed by atoms with Crippen LogP contribution in [0.1, 0.15) is 19.8 Å². The first kappa shape index (κ1) is 13.1. The lowest BCUT2D eigenvalue weighted by Crippen LogP contribution is -2.32. The number of rotatable bonds is 4. The molecule has 98 valence electrons. The lowest BCUT2D eigenvalue weighted by atomic mass is 10.3. The van der Waals surface area contributed by atoms with E-state index >= 15 is 0 Å². The first-order chi connectivity index (χ1) is 8.47. The van der Waals surface area contributed by atoms with Gasteiger partial charge in [-0.3, -0.25) is 4.79 Å². The van der Waals surface area contributed by atoms with Gasteiger partial charge in [-0.1, -0.05) is 0 Å². The maximum Gasteiger partial charge on any atom is 0.233 e. The van der Waals surface area contributed by atoms with Crippen LogP contribution in [0.25, 0.3) is 0 Å². The lowest BCUT2D eigenvalue weighted by Gasteiger charge is -2.12. The number of halogens is 2. The number of anilines is 1. The van der Waals surface area contributed by atoms with Crippen molar-refractivity contribution < 1.29 is 13.6 Å². The minimum Gasteiger partial charge on any atom is -0.399 e. The lowest BCUT2D eigenvalue weighted by molar-refractivity contribution is -0.120. The molecule has 1 amide bonds. The van der Waals surface area contributed by atoms with Gasteiger partial charge in [0.25, 0.3) is 0 Å². The summed E-state index contributed by atoms with van der Waals surface area (Å²) in [5.41, 5.74) is 5.36. The predicted octanol–water partition coefficient (Wildman–Crippen LogP) is 2.31. The van der Waals surface area contributed by atoms with E-state index in [1.807, 2.05) is 0 Å². The van der Waals surface area contributed by atoms with Crippen molar-refractivity contribution in [3.63, 3.8) is 0 Å². The molecular formula is C12H14F2N2OS. The molecule has 0 bridgehead atoms. The van der Waals surface area contributed by atoms with Crippen LogP contribution in [0.5, 0.6) is 0 Å². The number of hydrogen-bond acceptors (Lipinski definition) is 3. The second kappa shape index (κ2) is 5.14. The van der Waals surface area contributed by atoms with Crippen molar-refractivity contribution in [2.75, 3.05) is 5.73 Å². The number of thioether (sulfide) groups is 1. The molecule has 0 heterocycles. The molecule has 1 aromatic rings. The molecule has 0 spiro atoms. The Kier molecular flexibility index (Phi) is 3.75. The van der Waals surface area contributed by atoms with Crippen molar-refractivity contribution >= 4 is 23.4 Å². The number of nitrogen functional groups attached to an aromatic ring is 1. The fourth-order valence-electron chi connectivity index (χ4n) is 1.47. The summed E-state index contributed by atoms with van der Waals surface area (Å²) in [5.74, 6) is -1.66. The van der Waals surface area contributed by atoms with Crippen LogP contribution >= 0.6 is 11.8 Å². The number of nitrogens with two attached hydrogens (primary N) is 1. The summed E-state index contributed by atoms with van der Waals surface area (Å²) in [6, 6.07) is 2.34. The quantitative estimate of drug-likeness (QED) is 0.653. The van der Waals surface area contributed by atoms with Crippen LogP contribution < -0.4 is 11.1 Å². The molecule has 3 N–H and O–H groups in total. The minimum atomic E-state index is -0.733. The summed E-state index contributed by atoms with van der Waals surface area (Å²) in [5, 5.41) is 2.25. The van der Waals surface area contributed by atoms with Crippen molar-refractivity contribution in [2.45, 2.75) is 36.0 Å². The Balaban J connectivity index is 2.05. The summed E-state index contributed by atoms with van der Waals surface area (Å²) in [6.45, 7) is 1.62. The monoisotopic (exact) mass is 272 g/mol. The fourth-order valence-corrected chi connectivity index (χ4v) is 2.34. The maximum atomic E-state index is 13.5. The zero-order chi connectivity index (χ0) is 13.3. The Morgan fingerprint density at radius 1 is 1.44 bits per heavy atom. The fraction of sp³-hybridized carbons (Fsp3) is 0.417. The van der Waals surface area contributed by atoms with Crippen molar-refractivity contribution in [1.29, 1.82) is 0 Å². The molecular weight excluding hydrogens is 258 g/mol. The third-order valence-electron chi connectivity index (χ3n) is 2.61. The van der Waals surface area contributed by atoms with Crippen LogP contribution in [0.4, 0.5) is 14.5 Å². The number of nitrogens with one attached hydrogen (secondary N) is 1. The van der Waals surface area contributed by atoms with Crippen molar-refractivity contribution in [3.05, 3.63) is 23.8 Å². The summed E-state index contributed by atoms with van der Waals surface area (Å²) in [4.78, 5) is 11.5. The van der Waals surface area contributed by atoms with Crippen molar-refractivity contribution in [2.24, 2.45) is 0 Å². The molecule has 6 heteroatoms. The highest BCUT2D eigenvalue weighted by Gasteiger charge is 2.27. The molecule has 3 nitrogen and oxygen atoms in total. The Morgan fingerprint density at radius 3 is 2.50 bits per heavy atom. The Labute approximate surface area is 108 Å². The van der Waals surface area contributed by atoms with Gasteiger partial charge in [0.05, 0.1) is 10.1 Å². The highest BCUT2D eigenvalue weighted by Crippen LogP contribution is 2.31. The maximum absolute atomic E-state index is 13.5. The second-order valence-electron chi connectivity index (χ2n) is 4.36. The van der Waals surface area contributed by atoms with Gasteiger partial charge >= 0.3 is 0 Å². The molecule has 2 rings (SSSR count). The van der Waals surface area contributed by atoms with E-state index in [0.29, 0.717) is 0 Å². The highest BCUT2D eigenvalue weighted by molar-refractivity contribution is 8.00. The average molecular weight is 272 g/mol. The van der Waals surface area contributed by atoms with Crippen LogP contribution in [-0.2, 0) is 4.79 Å². The molecule has 1 saturated carbocycles. The van der Waals surface area contributed by atoms with Gasteiger partial charge in [-0.2, -0.15) is 0 Å². The molecule has 0 saturated heterocycles. The molecule has 0 aliphatic heterocycles. The molecule has 1 fully saturated rings. The number of carbonyl (C=O) groups is 1. The smallest absolute Gasteiger partial charge is 0.233 e. The number of hydrogen-bond donors (Lipinski definition) is 2. The zero-order valence-corrected chi connectivity index (χ0v) is 10.7. The largest absolute Gasteiger partial charge is 0.399 e. The van der Waals surface area contributed by atoms with Gasteiger partial charge in [0, 0.05) is 11.7 Å². The standard InChI is InChI=1S/C12H14F2N2OS/c1-6(12(17)16-8-2-3-8)18-11-9(13)4-7(15)5-10(11)14/h4-6,8H,2-3,15H2,1H3,(H,16,17). The van der Waals surface area contributed by atoms with Gasteiger partial charge in [-0.05, 0) is 31.9 Å². The Morgan fingerprint density at radius 2 is 2.00 bits per heavy atom. The van der Waals surface area contributed by atoms with Crippen LogP contribution in [-0.4, -0.2) is 17.2 Å². The van der Waals surface area contributed by atoms with Crippen LogP contribution in [0.2, 0.25) is 0 Å². The third-order valence-corrected chi connectivity index (χ3v) is 3.80.